The minimum Gasteiger partial charge on any atom is -0.478 e. The Morgan fingerprint density at radius 2 is 1.32 bits per heavy atom. The summed E-state index contributed by atoms with van der Waals surface area (Å²) in [7, 11) is 0. The largest absolute Gasteiger partial charge is 0.478 e. The molecule has 40 heavy (non-hydrogen) atoms. The molecule has 3 aromatic rings. The monoisotopic (exact) mass is 561 g/mol. The van der Waals surface area contributed by atoms with Crippen LogP contribution in [0.25, 0.3) is 11.1 Å². The fourth-order valence-corrected chi connectivity index (χ4v) is 3.97. The number of aromatic carboxylic acids is 1. The molecule has 216 valence electrons. The third-order valence-electron chi connectivity index (χ3n) is 6.04. The average Bonchev–Trinajstić information content (AvgIpc) is 3.38. The van der Waals surface area contributed by atoms with Crippen molar-refractivity contribution < 1.29 is 47.5 Å². The highest BCUT2D eigenvalue weighted by atomic mass is 19.1. The minimum absolute atomic E-state index is 0.0118. The summed E-state index contributed by atoms with van der Waals surface area (Å²) in [6, 6.07) is 8.55. The number of rotatable bonds is 18. The van der Waals surface area contributed by atoms with Gasteiger partial charge in [0.2, 0.25) is 5.78 Å². The highest BCUT2D eigenvalue weighted by molar-refractivity contribution is 6.14. The first kappa shape index (κ1) is 31.1. The third kappa shape index (κ3) is 8.51. The molecule has 0 unspecified atom stereocenters. The van der Waals surface area contributed by atoms with Crippen LogP contribution in [0.15, 0.2) is 42.6 Å². The maximum Gasteiger partial charge on any atom is 0.337 e. The van der Waals surface area contributed by atoms with Gasteiger partial charge < -0.3 is 34.1 Å². The molecule has 3 N–H and O–H groups in total. The quantitative estimate of drug-likeness (QED) is 0.158. The van der Waals surface area contributed by atoms with Crippen LogP contribution in [0.4, 0.5) is 8.78 Å². The molecular weight excluding hydrogens is 528 g/mol. The summed E-state index contributed by atoms with van der Waals surface area (Å²) in [5.74, 6) is -3.46. The van der Waals surface area contributed by atoms with E-state index in [9.17, 15) is 23.5 Å². The van der Waals surface area contributed by atoms with Gasteiger partial charge in [0.05, 0.1) is 70.7 Å². The third-order valence-corrected chi connectivity index (χ3v) is 6.04. The maximum absolute atomic E-state index is 14.7. The average molecular weight is 562 g/mol. The van der Waals surface area contributed by atoms with Crippen LogP contribution in [0.3, 0.4) is 0 Å². The number of hydrogen-bond acceptors (Lipinski definition) is 7. The number of aromatic nitrogens is 1. The summed E-state index contributed by atoms with van der Waals surface area (Å²) in [4.78, 5) is 27.7. The second-order valence-electron chi connectivity index (χ2n) is 8.74. The number of hydrogen-bond donors (Lipinski definition) is 3. The summed E-state index contributed by atoms with van der Waals surface area (Å²) in [5, 5.41) is 18.2. The van der Waals surface area contributed by atoms with E-state index in [2.05, 4.69) is 4.98 Å². The number of carboxylic acid groups (broad SMARTS) is 1. The van der Waals surface area contributed by atoms with Gasteiger partial charge in [-0.05, 0) is 36.6 Å². The van der Waals surface area contributed by atoms with Crippen LogP contribution in [-0.2, 0) is 25.4 Å². The predicted octanol–water partition coefficient (Wildman–Crippen LogP) is 3.80. The molecule has 0 bridgehead atoms. The summed E-state index contributed by atoms with van der Waals surface area (Å²) in [5.41, 5.74) is 0.160. The van der Waals surface area contributed by atoms with Crippen molar-refractivity contribution in [1.29, 1.82) is 0 Å². The van der Waals surface area contributed by atoms with Gasteiger partial charge in [-0.2, -0.15) is 0 Å². The molecule has 2 aromatic carbocycles. The van der Waals surface area contributed by atoms with Gasteiger partial charge in [0.25, 0.3) is 0 Å². The van der Waals surface area contributed by atoms with Gasteiger partial charge in [0, 0.05) is 22.9 Å². The molecule has 3 rings (SSSR count). The highest BCUT2D eigenvalue weighted by Gasteiger charge is 2.27. The zero-order valence-electron chi connectivity index (χ0n) is 22.2. The molecule has 0 aliphatic rings. The SMILES string of the molecule is Cc1c(F)ccc(F)c1-c1c(C(=O)O)c[nH]c1C(=O)c1ccc(CCOCCOCCOCCOCCO)cc1. The Morgan fingerprint density at radius 3 is 1.90 bits per heavy atom. The fourth-order valence-electron chi connectivity index (χ4n) is 3.97. The van der Waals surface area contributed by atoms with Crippen LogP contribution in [0, 0.1) is 18.6 Å². The lowest BCUT2D eigenvalue weighted by atomic mass is 9.93. The number of aliphatic hydroxyl groups excluding tert-OH is 1. The smallest absolute Gasteiger partial charge is 0.337 e. The number of H-pyrrole nitrogens is 1. The number of benzene rings is 2. The van der Waals surface area contributed by atoms with Crippen molar-refractivity contribution in [2.45, 2.75) is 13.3 Å². The van der Waals surface area contributed by atoms with Crippen LogP contribution in [0.5, 0.6) is 0 Å². The van der Waals surface area contributed by atoms with Crippen LogP contribution >= 0.6 is 0 Å². The van der Waals surface area contributed by atoms with E-state index in [0.29, 0.717) is 59.3 Å². The van der Waals surface area contributed by atoms with Gasteiger partial charge >= 0.3 is 5.97 Å². The number of ketones is 1. The molecule has 9 nitrogen and oxygen atoms in total. The number of halogens is 2. The molecular formula is C29H33F2NO8. The number of aromatic amines is 1. The van der Waals surface area contributed by atoms with E-state index in [0.717, 1.165) is 23.9 Å². The second-order valence-corrected chi connectivity index (χ2v) is 8.74. The maximum atomic E-state index is 14.7. The van der Waals surface area contributed by atoms with Crippen LogP contribution in [0.1, 0.15) is 37.5 Å². The minimum atomic E-state index is -1.37. The van der Waals surface area contributed by atoms with Gasteiger partial charge in [-0.15, -0.1) is 0 Å². The van der Waals surface area contributed by atoms with Crippen LogP contribution in [-0.4, -0.2) is 86.4 Å². The Labute approximate surface area is 230 Å². The summed E-state index contributed by atoms with van der Waals surface area (Å²) < 4.78 is 50.3. The van der Waals surface area contributed by atoms with Gasteiger partial charge in [0.1, 0.15) is 11.6 Å². The Balaban J connectivity index is 1.50. The zero-order chi connectivity index (χ0) is 28.9. The van der Waals surface area contributed by atoms with E-state index in [1.165, 1.54) is 6.92 Å². The van der Waals surface area contributed by atoms with Crippen molar-refractivity contribution in [1.82, 2.24) is 4.98 Å². The van der Waals surface area contributed by atoms with E-state index in [4.69, 9.17) is 24.1 Å². The lowest BCUT2D eigenvalue weighted by Crippen LogP contribution is -2.13. The first-order valence-electron chi connectivity index (χ1n) is 12.8. The van der Waals surface area contributed by atoms with Crippen molar-refractivity contribution in [3.8, 4) is 11.1 Å². The number of nitrogens with one attached hydrogen (secondary N) is 1. The lowest BCUT2D eigenvalue weighted by Gasteiger charge is -2.11. The van der Waals surface area contributed by atoms with Gasteiger partial charge in [-0.1, -0.05) is 24.3 Å². The second kappa shape index (κ2) is 15.9. The lowest BCUT2D eigenvalue weighted by molar-refractivity contribution is -0.00522. The molecule has 0 amide bonds. The fraction of sp³-hybridized carbons (Fsp3) is 0.379. The van der Waals surface area contributed by atoms with E-state index >= 15 is 0 Å². The number of ether oxygens (including phenoxy) is 4. The van der Waals surface area contributed by atoms with E-state index in [1.807, 2.05) is 0 Å². The predicted molar refractivity (Wildman–Crippen MR) is 142 cm³/mol. The summed E-state index contributed by atoms with van der Waals surface area (Å²) in [6.45, 7) is 4.61. The Bertz CT molecular complexity index is 1260. The highest BCUT2D eigenvalue weighted by Crippen LogP contribution is 2.35. The van der Waals surface area contributed by atoms with Gasteiger partial charge in [-0.25, -0.2) is 13.6 Å². The van der Waals surface area contributed by atoms with Crippen molar-refractivity contribution in [2.24, 2.45) is 0 Å². The Hall–Kier alpha value is -3.48. The number of carbonyl (C=O) groups excluding carboxylic acids is 1. The topological polar surface area (TPSA) is 127 Å². The van der Waals surface area contributed by atoms with Crippen LogP contribution < -0.4 is 0 Å². The van der Waals surface area contributed by atoms with E-state index in [1.54, 1.807) is 24.3 Å². The van der Waals surface area contributed by atoms with Crippen LogP contribution in [0.2, 0.25) is 0 Å². The molecule has 0 aliphatic heterocycles. The van der Waals surface area contributed by atoms with Crippen molar-refractivity contribution in [2.75, 3.05) is 59.5 Å². The summed E-state index contributed by atoms with van der Waals surface area (Å²) >= 11 is 0. The standard InChI is InChI=1S/C29H33F2NO8/c1-19-23(30)6-7-24(31)25(19)26-22(29(35)36)18-32-27(26)28(34)21-4-2-20(3-5-21)8-10-37-12-14-39-16-17-40-15-13-38-11-9-33/h2-7,18,32-33H,8-17H2,1H3,(H,35,36). The summed E-state index contributed by atoms with van der Waals surface area (Å²) in [6.07, 6.45) is 1.70. The number of aliphatic hydroxyl groups is 1. The van der Waals surface area contributed by atoms with E-state index < -0.39 is 23.4 Å². The Kier molecular flexibility index (Phi) is 12.4. The number of carboxylic acids is 1. The normalized spacial score (nSPS) is 11.2. The zero-order valence-corrected chi connectivity index (χ0v) is 22.2. The molecule has 0 aliphatic carbocycles. The molecule has 0 saturated heterocycles. The van der Waals surface area contributed by atoms with Gasteiger partial charge in [-0.3, -0.25) is 4.79 Å². The van der Waals surface area contributed by atoms with Gasteiger partial charge in [0.15, 0.2) is 0 Å². The molecule has 1 heterocycles. The molecule has 0 saturated carbocycles. The molecule has 11 heteroatoms. The molecule has 0 atom stereocenters. The molecule has 0 spiro atoms. The molecule has 1 aromatic heterocycles. The van der Waals surface area contributed by atoms with E-state index in [-0.39, 0.29) is 40.1 Å². The number of carbonyl (C=O) groups is 2. The van der Waals surface area contributed by atoms with Crippen molar-refractivity contribution in [3.63, 3.8) is 0 Å². The van der Waals surface area contributed by atoms with Crippen molar-refractivity contribution >= 4 is 11.8 Å². The first-order valence-corrected chi connectivity index (χ1v) is 12.8. The molecule has 0 radical (unpaired) electrons. The molecule has 0 fully saturated rings. The first-order chi connectivity index (χ1) is 19.3. The Morgan fingerprint density at radius 1 is 0.775 bits per heavy atom. The van der Waals surface area contributed by atoms with Crippen molar-refractivity contribution in [3.05, 3.63) is 82.2 Å².